The summed E-state index contributed by atoms with van der Waals surface area (Å²) in [6, 6.07) is 2.41. The first-order valence-electron chi connectivity index (χ1n) is 9.73. The van der Waals surface area contributed by atoms with Crippen LogP contribution in [0.4, 0.5) is 32.6 Å². The quantitative estimate of drug-likeness (QED) is 0.288. The van der Waals surface area contributed by atoms with Gasteiger partial charge in [-0.15, -0.1) is 0 Å². The number of phenols is 1. The summed E-state index contributed by atoms with van der Waals surface area (Å²) >= 11 is 0. The minimum absolute atomic E-state index is 0.0498. The van der Waals surface area contributed by atoms with Crippen molar-refractivity contribution in [2.24, 2.45) is 0 Å². The highest BCUT2D eigenvalue weighted by Gasteiger charge is 2.67. The minimum atomic E-state index is -10.4. The summed E-state index contributed by atoms with van der Waals surface area (Å²) in [6.07, 6.45) is 3.55. The maximum absolute atomic E-state index is 14.7. The molecule has 0 radical (unpaired) electrons. The second kappa shape index (κ2) is 6.40. The Morgan fingerprint density at radius 2 is 1.56 bits per heavy atom. The van der Waals surface area contributed by atoms with Crippen molar-refractivity contribution in [3.63, 3.8) is 0 Å². The molecule has 1 N–H and O–H groups in total. The van der Waals surface area contributed by atoms with Gasteiger partial charge in [-0.25, -0.2) is 18.2 Å². The maximum atomic E-state index is 14.7. The van der Waals surface area contributed by atoms with Gasteiger partial charge in [0.2, 0.25) is 0 Å². The number of fused-ring (bicyclic) bond motifs is 1. The molecule has 0 spiro atoms. The van der Waals surface area contributed by atoms with Gasteiger partial charge in [-0.3, -0.25) is 9.38 Å². The molecular weight excluding hydrogens is 494 g/mol. The Morgan fingerprint density at radius 3 is 2.15 bits per heavy atom. The highest BCUT2D eigenvalue weighted by molar-refractivity contribution is 8.45. The van der Waals surface area contributed by atoms with Crippen molar-refractivity contribution in [3.05, 3.63) is 65.9 Å². The molecule has 1 aliphatic carbocycles. The van der Waals surface area contributed by atoms with E-state index in [0.717, 1.165) is 18.5 Å². The van der Waals surface area contributed by atoms with Gasteiger partial charge in [0, 0.05) is 29.8 Å². The molecule has 34 heavy (non-hydrogen) atoms. The van der Waals surface area contributed by atoms with Crippen LogP contribution in [0.2, 0.25) is 0 Å². The van der Waals surface area contributed by atoms with E-state index in [0.29, 0.717) is 30.7 Å². The van der Waals surface area contributed by atoms with Crippen molar-refractivity contribution in [1.82, 2.24) is 14.4 Å². The highest BCUT2D eigenvalue weighted by atomic mass is 32.5. The van der Waals surface area contributed by atoms with E-state index in [1.165, 1.54) is 4.40 Å². The number of nitrogens with zero attached hydrogens (tertiary/aromatic N) is 3. The summed E-state index contributed by atoms with van der Waals surface area (Å²) in [5, 5.41) is 9.48. The van der Waals surface area contributed by atoms with Gasteiger partial charge >= 0.3 is 10.2 Å². The SMILES string of the molecule is Oc1cc(F)c(-c2c(C3CC3)nc3cnc(-c4ccc(F)c(S(F)(F)(F)(F)F)c4)cn23)c(F)c1. The number of halogens is 8. The van der Waals surface area contributed by atoms with E-state index in [2.05, 4.69) is 9.97 Å². The van der Waals surface area contributed by atoms with Crippen LogP contribution in [0, 0.1) is 17.5 Å². The van der Waals surface area contributed by atoms with E-state index >= 15 is 0 Å². The number of hydrogen-bond acceptors (Lipinski definition) is 3. The number of phenolic OH excluding ortho intramolecular Hbond substituents is 1. The summed E-state index contributed by atoms with van der Waals surface area (Å²) in [4.78, 5) is 5.57. The van der Waals surface area contributed by atoms with Crippen LogP contribution in [0.15, 0.2) is 47.6 Å². The molecule has 5 rings (SSSR count). The first-order valence-corrected chi connectivity index (χ1v) is 11.7. The molecule has 1 fully saturated rings. The third-order valence-corrected chi connectivity index (χ3v) is 6.55. The fourth-order valence-corrected chi connectivity index (χ4v) is 4.54. The number of rotatable bonds is 4. The van der Waals surface area contributed by atoms with Gasteiger partial charge in [-0.2, -0.15) is 0 Å². The van der Waals surface area contributed by atoms with Crippen molar-refractivity contribution in [1.29, 1.82) is 0 Å². The molecule has 13 heteroatoms. The molecule has 0 atom stereocenters. The van der Waals surface area contributed by atoms with Crippen molar-refractivity contribution >= 4 is 15.9 Å². The van der Waals surface area contributed by atoms with Crippen LogP contribution in [0.3, 0.4) is 0 Å². The lowest BCUT2D eigenvalue weighted by Crippen LogP contribution is -2.09. The van der Waals surface area contributed by atoms with E-state index in [4.69, 9.17) is 0 Å². The standard InChI is InChI=1S/C21H13F8N3OS/c22-13-4-3-11(5-17(13)34(25,26,27,28)29)16-9-32-18(8-30-16)31-20(10-1-2-10)21(32)19-14(23)6-12(33)7-15(19)24/h3-10,33H,1-2H2. The first-order chi connectivity index (χ1) is 15.6. The second-order valence-electron chi connectivity index (χ2n) is 8.02. The van der Waals surface area contributed by atoms with Crippen LogP contribution in [0.5, 0.6) is 5.75 Å². The van der Waals surface area contributed by atoms with Gasteiger partial charge in [-0.05, 0) is 31.0 Å². The van der Waals surface area contributed by atoms with E-state index in [1.54, 1.807) is 0 Å². The van der Waals surface area contributed by atoms with Gasteiger partial charge in [0.25, 0.3) is 0 Å². The molecule has 4 aromatic rings. The summed E-state index contributed by atoms with van der Waals surface area (Å²) in [5.74, 6) is -5.14. The largest absolute Gasteiger partial charge is 0.508 e. The molecule has 2 aromatic carbocycles. The lowest BCUT2D eigenvalue weighted by atomic mass is 10.1. The van der Waals surface area contributed by atoms with Crippen LogP contribution < -0.4 is 0 Å². The van der Waals surface area contributed by atoms with Gasteiger partial charge < -0.3 is 5.11 Å². The molecule has 180 valence electrons. The second-order valence-corrected chi connectivity index (χ2v) is 10.4. The van der Waals surface area contributed by atoms with Gasteiger partial charge in [-0.1, -0.05) is 19.4 Å². The van der Waals surface area contributed by atoms with Crippen LogP contribution in [-0.2, 0) is 0 Å². The van der Waals surface area contributed by atoms with Gasteiger partial charge in [0.05, 0.1) is 28.8 Å². The van der Waals surface area contributed by atoms with Crippen LogP contribution >= 0.6 is 10.2 Å². The first kappa shape index (κ1) is 22.4. The minimum Gasteiger partial charge on any atom is -0.508 e. The fourth-order valence-electron chi connectivity index (χ4n) is 3.76. The van der Waals surface area contributed by atoms with Crippen molar-refractivity contribution < 1.29 is 37.7 Å². The van der Waals surface area contributed by atoms with E-state index in [1.807, 2.05) is 0 Å². The summed E-state index contributed by atoms with van der Waals surface area (Å²) in [6.45, 7) is 0. The normalized spacial score (nSPS) is 16.5. The van der Waals surface area contributed by atoms with E-state index in [9.17, 15) is 37.7 Å². The lowest BCUT2D eigenvalue weighted by Gasteiger charge is -2.40. The summed E-state index contributed by atoms with van der Waals surface area (Å²) in [5.41, 5.74) is -0.957. The lowest BCUT2D eigenvalue weighted by molar-refractivity contribution is 0.355. The van der Waals surface area contributed by atoms with E-state index < -0.39 is 49.4 Å². The Bertz CT molecular complexity index is 1470. The third kappa shape index (κ3) is 3.83. The van der Waals surface area contributed by atoms with Gasteiger partial charge in [0.15, 0.2) is 5.65 Å². The average molecular weight is 507 g/mol. The molecule has 0 amide bonds. The van der Waals surface area contributed by atoms with Crippen LogP contribution in [0.25, 0.3) is 28.2 Å². The smallest absolute Gasteiger partial charge is 0.313 e. The van der Waals surface area contributed by atoms with Crippen molar-refractivity contribution in [3.8, 4) is 28.3 Å². The summed E-state index contributed by atoms with van der Waals surface area (Å²) in [7, 11) is -10.4. The zero-order chi connectivity index (χ0) is 24.7. The molecule has 0 bridgehead atoms. The van der Waals surface area contributed by atoms with Crippen LogP contribution in [0.1, 0.15) is 24.5 Å². The van der Waals surface area contributed by atoms with Crippen LogP contribution in [-0.4, -0.2) is 19.5 Å². The maximum Gasteiger partial charge on any atom is 0.313 e. The molecule has 1 saturated carbocycles. The molecule has 1 aliphatic rings. The molecule has 4 nitrogen and oxygen atoms in total. The number of hydrogen-bond donors (Lipinski definition) is 1. The Morgan fingerprint density at radius 1 is 0.912 bits per heavy atom. The monoisotopic (exact) mass is 507 g/mol. The number of benzene rings is 2. The number of aromatic nitrogens is 3. The molecule has 2 heterocycles. The molecular formula is C21H13F8N3OS. The fraction of sp³-hybridized carbons (Fsp3) is 0.143. The van der Waals surface area contributed by atoms with Gasteiger partial charge in [0.1, 0.15) is 28.1 Å². The third-order valence-electron chi connectivity index (χ3n) is 5.41. The Labute approximate surface area is 186 Å². The van der Waals surface area contributed by atoms with Crippen molar-refractivity contribution in [2.75, 3.05) is 0 Å². The highest BCUT2D eigenvalue weighted by Crippen LogP contribution is 3.02. The van der Waals surface area contributed by atoms with Crippen molar-refractivity contribution in [2.45, 2.75) is 23.7 Å². The Kier molecular flexibility index (Phi) is 4.23. The number of imidazole rings is 1. The topological polar surface area (TPSA) is 50.4 Å². The average Bonchev–Trinajstić information content (AvgIpc) is 3.47. The molecule has 0 unspecified atom stereocenters. The Balaban J connectivity index is 1.76. The van der Waals surface area contributed by atoms with E-state index in [-0.39, 0.29) is 35.1 Å². The molecule has 0 aliphatic heterocycles. The zero-order valence-electron chi connectivity index (χ0n) is 16.8. The number of aromatic hydroxyl groups is 1. The Hall–Kier alpha value is -3.35. The predicted octanol–water partition coefficient (Wildman–Crippen LogP) is 7.72. The predicted molar refractivity (Wildman–Crippen MR) is 109 cm³/mol. The zero-order valence-corrected chi connectivity index (χ0v) is 17.6. The molecule has 2 aromatic heterocycles. The molecule has 0 saturated heterocycles. The summed E-state index contributed by atoms with van der Waals surface area (Å²) < 4.78 is 111.